The number of benzene rings is 3. The van der Waals surface area contributed by atoms with Gasteiger partial charge in [-0.05, 0) is 98.9 Å². The SMILES string of the molecule is C=CCO[C@@]12Oc3ccc(OCc4ccccc4F)cc3[C@H]3[C@H](CCCCO)[C@@H](CCCCO)C=C(C(=NOCC)C[C@@H]1N(CCC)C(=O)c1ccc4c(c1)OCO4)[C@H]32. The van der Waals surface area contributed by atoms with Crippen LogP contribution in [0.25, 0.3) is 0 Å². The predicted molar refractivity (Wildman–Crippen MR) is 221 cm³/mol. The van der Waals surface area contributed by atoms with Gasteiger partial charge in [0.25, 0.3) is 5.91 Å². The maximum Gasteiger partial charge on any atom is 0.254 e. The Morgan fingerprint density at radius 2 is 1.78 bits per heavy atom. The van der Waals surface area contributed by atoms with Crippen molar-refractivity contribution < 1.29 is 47.9 Å². The summed E-state index contributed by atoms with van der Waals surface area (Å²) in [6.07, 6.45) is 9.53. The second-order valence-corrected chi connectivity index (χ2v) is 15.6. The van der Waals surface area contributed by atoms with Crippen molar-refractivity contribution in [3.63, 3.8) is 0 Å². The Morgan fingerprint density at radius 1 is 1.00 bits per heavy atom. The molecule has 0 saturated heterocycles. The third-order valence-corrected chi connectivity index (χ3v) is 12.0. The van der Waals surface area contributed by atoms with Gasteiger partial charge in [0, 0.05) is 48.8 Å². The molecule has 6 atom stereocenters. The summed E-state index contributed by atoms with van der Waals surface area (Å²) in [5.41, 5.74) is 3.49. The predicted octanol–water partition coefficient (Wildman–Crippen LogP) is 8.34. The van der Waals surface area contributed by atoms with Crippen molar-refractivity contribution in [2.24, 2.45) is 22.9 Å². The summed E-state index contributed by atoms with van der Waals surface area (Å²) in [4.78, 5) is 22.7. The Hall–Kier alpha value is -4.91. The zero-order valence-electron chi connectivity index (χ0n) is 34.2. The second kappa shape index (κ2) is 19.4. The number of carbonyl (C=O) groups is 1. The summed E-state index contributed by atoms with van der Waals surface area (Å²) in [5, 5.41) is 24.6. The van der Waals surface area contributed by atoms with Crippen molar-refractivity contribution in [3.8, 4) is 23.0 Å². The van der Waals surface area contributed by atoms with Crippen LogP contribution >= 0.6 is 0 Å². The maximum absolute atomic E-state index is 15.0. The van der Waals surface area contributed by atoms with Crippen LogP contribution in [0, 0.1) is 23.6 Å². The van der Waals surface area contributed by atoms with E-state index >= 15 is 0 Å². The molecule has 2 heterocycles. The number of hydrogen-bond donors (Lipinski definition) is 2. The Morgan fingerprint density at radius 3 is 2.54 bits per heavy atom. The molecule has 1 fully saturated rings. The van der Waals surface area contributed by atoms with Crippen LogP contribution < -0.4 is 18.9 Å². The lowest BCUT2D eigenvalue weighted by Gasteiger charge is -2.60. The van der Waals surface area contributed by atoms with Crippen molar-refractivity contribution in [2.75, 3.05) is 39.8 Å². The molecule has 3 aromatic carbocycles. The van der Waals surface area contributed by atoms with Gasteiger partial charge in [0.1, 0.15) is 36.6 Å². The molecule has 1 amide bonds. The van der Waals surface area contributed by atoms with E-state index in [0.29, 0.717) is 73.0 Å². The Kier molecular flexibility index (Phi) is 13.9. The molecule has 12 heteroatoms. The van der Waals surface area contributed by atoms with Crippen molar-refractivity contribution in [1.29, 1.82) is 0 Å². The topological polar surface area (TPSA) is 129 Å². The van der Waals surface area contributed by atoms with E-state index < -0.39 is 17.7 Å². The summed E-state index contributed by atoms with van der Waals surface area (Å²) < 4.78 is 46.6. The highest BCUT2D eigenvalue weighted by Gasteiger charge is 2.65. The summed E-state index contributed by atoms with van der Waals surface area (Å²) in [6.45, 7) is 9.18. The van der Waals surface area contributed by atoms with Crippen LogP contribution in [0.4, 0.5) is 4.39 Å². The molecule has 2 aliphatic heterocycles. The zero-order chi connectivity index (χ0) is 41.4. The quantitative estimate of drug-likeness (QED) is 0.0658. The summed E-state index contributed by atoms with van der Waals surface area (Å²) >= 11 is 0. The van der Waals surface area contributed by atoms with Gasteiger partial charge in [-0.25, -0.2) is 4.39 Å². The molecule has 1 saturated carbocycles. The average Bonchev–Trinajstić information content (AvgIpc) is 3.73. The highest BCUT2D eigenvalue weighted by Crippen LogP contribution is 2.62. The molecule has 2 aliphatic carbocycles. The molecule has 0 bridgehead atoms. The van der Waals surface area contributed by atoms with Crippen LogP contribution in [0.3, 0.4) is 0 Å². The van der Waals surface area contributed by atoms with Gasteiger partial charge in [0.05, 0.1) is 18.2 Å². The molecule has 0 unspecified atom stereocenters. The van der Waals surface area contributed by atoms with Gasteiger partial charge < -0.3 is 43.6 Å². The van der Waals surface area contributed by atoms with E-state index in [9.17, 15) is 19.4 Å². The van der Waals surface area contributed by atoms with Gasteiger partial charge in [-0.2, -0.15) is 0 Å². The maximum atomic E-state index is 15.0. The van der Waals surface area contributed by atoms with Crippen LogP contribution in [0.2, 0.25) is 0 Å². The zero-order valence-corrected chi connectivity index (χ0v) is 34.2. The minimum absolute atomic E-state index is 0.0430. The number of carbonyl (C=O) groups excluding carboxylic acids is 1. The third-order valence-electron chi connectivity index (χ3n) is 12.0. The largest absolute Gasteiger partial charge is 0.489 e. The molecule has 11 nitrogen and oxygen atoms in total. The minimum Gasteiger partial charge on any atom is -0.489 e. The van der Waals surface area contributed by atoms with Crippen LogP contribution in [-0.2, 0) is 16.2 Å². The van der Waals surface area contributed by atoms with Crippen molar-refractivity contribution in [2.45, 2.75) is 89.6 Å². The van der Waals surface area contributed by atoms with Gasteiger partial charge in [-0.15, -0.1) is 6.58 Å². The molecule has 59 heavy (non-hydrogen) atoms. The molecule has 0 radical (unpaired) electrons. The number of amides is 1. The average molecular weight is 813 g/mol. The highest BCUT2D eigenvalue weighted by atomic mass is 19.1. The summed E-state index contributed by atoms with van der Waals surface area (Å²) in [5.74, 6) is -0.238. The van der Waals surface area contributed by atoms with Crippen LogP contribution in [0.1, 0.15) is 92.6 Å². The molecule has 2 N–H and O–H groups in total. The fourth-order valence-electron chi connectivity index (χ4n) is 9.49. The number of halogens is 1. The van der Waals surface area contributed by atoms with Crippen LogP contribution in [0.15, 0.2) is 90.1 Å². The fraction of sp³-hybridized carbons (Fsp3) is 0.489. The molecular weight excluding hydrogens is 756 g/mol. The Bertz CT molecular complexity index is 2000. The number of rotatable bonds is 20. The van der Waals surface area contributed by atoms with Crippen LogP contribution in [0.5, 0.6) is 23.0 Å². The first-order valence-electron chi connectivity index (χ1n) is 21.1. The van der Waals surface area contributed by atoms with Crippen LogP contribution in [-0.4, -0.2) is 78.3 Å². The molecule has 3 aromatic rings. The van der Waals surface area contributed by atoms with E-state index in [1.54, 1.807) is 42.5 Å². The smallest absolute Gasteiger partial charge is 0.254 e. The molecule has 7 rings (SSSR count). The van der Waals surface area contributed by atoms with E-state index in [1.165, 1.54) is 6.07 Å². The number of aliphatic hydroxyl groups is 2. The first kappa shape index (κ1) is 42.2. The van der Waals surface area contributed by atoms with E-state index in [-0.39, 0.29) is 62.7 Å². The minimum atomic E-state index is -1.40. The van der Waals surface area contributed by atoms with Gasteiger partial charge in [0.2, 0.25) is 12.6 Å². The first-order chi connectivity index (χ1) is 28.9. The normalized spacial score (nSPS) is 24.4. The number of oxime groups is 1. The van der Waals surface area contributed by atoms with Crippen molar-refractivity contribution >= 4 is 11.6 Å². The molecule has 0 spiro atoms. The second-order valence-electron chi connectivity index (χ2n) is 15.6. The molecule has 4 aliphatic rings. The first-order valence-corrected chi connectivity index (χ1v) is 21.1. The molecule has 316 valence electrons. The van der Waals surface area contributed by atoms with E-state index in [0.717, 1.165) is 42.5 Å². The van der Waals surface area contributed by atoms with E-state index in [1.807, 2.05) is 36.9 Å². The number of ether oxygens (including phenoxy) is 5. The molecule has 0 aromatic heterocycles. The van der Waals surface area contributed by atoms with E-state index in [4.69, 9.17) is 33.7 Å². The van der Waals surface area contributed by atoms with Gasteiger partial charge in [-0.3, -0.25) is 4.79 Å². The van der Waals surface area contributed by atoms with Gasteiger partial charge in [0.15, 0.2) is 11.5 Å². The number of aliphatic hydroxyl groups excluding tert-OH is 2. The Labute approximate surface area is 346 Å². The standard InChI is InChI=1S/C47H57FN2O9/c1-4-21-50(46(53)32-17-19-41-42(26-32)56-30-55-41)43-28-39(49-58-6-3)36-25-31(13-9-11-22-51)35(15-10-12-23-52)44-37-27-34(54-29-33-14-7-8-16-38(33)48)18-20-40(37)59-47(43,45(36)44)57-24-5-2/h5,7-8,14,16-20,25-27,31,35,43-45,51-52H,2,4,6,9-13,15,21-24,28-30H2,1,3H3/t31-,35+,43-,44+,45+,47+/m0/s1. The number of fused-ring (bicyclic) bond motifs is 3. The highest BCUT2D eigenvalue weighted by molar-refractivity contribution is 6.03. The number of nitrogens with zero attached hydrogens (tertiary/aromatic N) is 2. The van der Waals surface area contributed by atoms with Crippen molar-refractivity contribution in [1.82, 2.24) is 4.90 Å². The van der Waals surface area contributed by atoms with Gasteiger partial charge in [-0.1, -0.05) is 55.3 Å². The number of unbranched alkanes of at least 4 members (excludes halogenated alkanes) is 2. The Balaban J connectivity index is 1.41. The summed E-state index contributed by atoms with van der Waals surface area (Å²) in [6, 6.07) is 16.9. The number of allylic oxidation sites excluding steroid dienone is 1. The fourth-order valence-corrected chi connectivity index (χ4v) is 9.49. The lowest BCUT2D eigenvalue weighted by Crippen LogP contribution is -2.70. The van der Waals surface area contributed by atoms with Crippen molar-refractivity contribution in [3.05, 3.63) is 107 Å². The summed E-state index contributed by atoms with van der Waals surface area (Å²) in [7, 11) is 0. The lowest BCUT2D eigenvalue weighted by atomic mass is 9.55. The monoisotopic (exact) mass is 812 g/mol. The van der Waals surface area contributed by atoms with Gasteiger partial charge >= 0.3 is 0 Å². The molecular formula is C47H57FN2O9. The third kappa shape index (κ3) is 8.72. The lowest BCUT2D eigenvalue weighted by molar-refractivity contribution is -0.254. The van der Waals surface area contributed by atoms with E-state index in [2.05, 4.69) is 12.7 Å². The number of hydrogen-bond acceptors (Lipinski definition) is 10.